The largest absolute Gasteiger partial charge is 0.481 e. The summed E-state index contributed by atoms with van der Waals surface area (Å²) in [6.45, 7) is 6.79. The first kappa shape index (κ1) is 24.0. The van der Waals surface area contributed by atoms with Crippen LogP contribution in [0.25, 0.3) is 11.1 Å². The predicted octanol–water partition coefficient (Wildman–Crippen LogP) is 4.65. The van der Waals surface area contributed by atoms with Gasteiger partial charge in [-0.05, 0) is 29.2 Å². The Hall–Kier alpha value is -4.19. The Kier molecular flexibility index (Phi) is 7.41. The number of fused-ring (bicyclic) bond motifs is 1. The number of rotatable bonds is 8. The van der Waals surface area contributed by atoms with Crippen LogP contribution in [0.1, 0.15) is 28.8 Å². The molecule has 35 heavy (non-hydrogen) atoms. The molecule has 0 radical (unpaired) electrons. The lowest BCUT2D eigenvalue weighted by Gasteiger charge is -2.29. The molecular weight excluding hydrogens is 438 g/mol. The quantitative estimate of drug-likeness (QED) is 0.452. The smallest absolute Gasteiger partial charge is 0.316 e. The number of hydrogen-bond donors (Lipinski definition) is 0. The molecule has 0 aliphatic carbocycles. The molecule has 4 rings (SSSR count). The molecular formula is C29H29N3O3. The topological polar surface area (TPSA) is 64.4 Å². The van der Waals surface area contributed by atoms with E-state index in [0.717, 1.165) is 22.3 Å². The Balaban J connectivity index is 1.76. The van der Waals surface area contributed by atoms with E-state index in [-0.39, 0.29) is 24.0 Å². The minimum atomic E-state index is -0.532. The summed E-state index contributed by atoms with van der Waals surface area (Å²) in [5, 5.41) is 0. The van der Waals surface area contributed by atoms with Crippen LogP contribution < -0.4 is 10.3 Å². The summed E-state index contributed by atoms with van der Waals surface area (Å²) in [6.07, 6.45) is 7.63. The molecule has 1 amide bonds. The molecule has 0 fully saturated rings. The third-order valence-electron chi connectivity index (χ3n) is 6.08. The molecule has 0 bridgehead atoms. The number of likely N-dealkylation sites (N-methyl/N-ethyl adjacent to an activating group) is 1. The van der Waals surface area contributed by atoms with E-state index in [0.29, 0.717) is 25.3 Å². The molecule has 1 aliphatic rings. The minimum Gasteiger partial charge on any atom is -0.481 e. The van der Waals surface area contributed by atoms with Crippen molar-refractivity contribution in [2.45, 2.75) is 19.9 Å². The summed E-state index contributed by atoms with van der Waals surface area (Å²) in [7, 11) is 1.73. The van der Waals surface area contributed by atoms with Crippen molar-refractivity contribution in [3.63, 3.8) is 0 Å². The van der Waals surface area contributed by atoms with Crippen LogP contribution in [0.4, 0.5) is 0 Å². The number of nitrogens with zero attached hydrogens (tertiary/aromatic N) is 3. The molecule has 0 unspecified atom stereocenters. The van der Waals surface area contributed by atoms with E-state index >= 15 is 0 Å². The summed E-state index contributed by atoms with van der Waals surface area (Å²) in [4.78, 5) is 32.3. The highest BCUT2D eigenvalue weighted by molar-refractivity contribution is 5.95. The summed E-state index contributed by atoms with van der Waals surface area (Å²) in [6, 6.07) is 18.2. The van der Waals surface area contributed by atoms with Gasteiger partial charge in [0.25, 0.3) is 5.91 Å². The first-order chi connectivity index (χ1) is 17.0. The van der Waals surface area contributed by atoms with Gasteiger partial charge in [0.15, 0.2) is 5.69 Å². The van der Waals surface area contributed by atoms with Gasteiger partial charge in [0.05, 0.1) is 0 Å². The summed E-state index contributed by atoms with van der Waals surface area (Å²) in [5.41, 5.74) is 3.78. The Bertz CT molecular complexity index is 1350. The second kappa shape index (κ2) is 10.8. The van der Waals surface area contributed by atoms with Gasteiger partial charge >= 0.3 is 5.56 Å². The number of aromatic nitrogens is 2. The molecule has 6 heteroatoms. The summed E-state index contributed by atoms with van der Waals surface area (Å²) >= 11 is 0. The van der Waals surface area contributed by atoms with E-state index < -0.39 is 5.56 Å². The monoisotopic (exact) mass is 467 g/mol. The maximum absolute atomic E-state index is 13.2. The fraction of sp³-hybridized carbons (Fsp3) is 0.207. The molecule has 2 heterocycles. The normalized spacial score (nSPS) is 13.7. The fourth-order valence-electron chi connectivity index (χ4n) is 4.15. The van der Waals surface area contributed by atoms with Gasteiger partial charge in [0.2, 0.25) is 5.75 Å². The van der Waals surface area contributed by atoms with Gasteiger partial charge < -0.3 is 14.2 Å². The highest BCUT2D eigenvalue weighted by atomic mass is 16.5. The van der Waals surface area contributed by atoms with Gasteiger partial charge in [-0.2, -0.15) is 4.98 Å². The van der Waals surface area contributed by atoms with Crippen LogP contribution >= 0.6 is 0 Å². The highest BCUT2D eigenvalue weighted by Gasteiger charge is 2.30. The van der Waals surface area contributed by atoms with Crippen molar-refractivity contribution in [1.29, 1.82) is 0 Å². The molecule has 1 aliphatic heterocycles. The van der Waals surface area contributed by atoms with Gasteiger partial charge in [-0.1, -0.05) is 85.5 Å². The molecule has 0 spiro atoms. The van der Waals surface area contributed by atoms with Crippen LogP contribution in [0.2, 0.25) is 0 Å². The fourth-order valence-corrected chi connectivity index (χ4v) is 4.15. The molecule has 2 aromatic carbocycles. The zero-order valence-corrected chi connectivity index (χ0v) is 20.1. The summed E-state index contributed by atoms with van der Waals surface area (Å²) < 4.78 is 7.75. The van der Waals surface area contributed by atoms with Crippen LogP contribution in [0.5, 0.6) is 5.75 Å². The highest BCUT2D eigenvalue weighted by Crippen LogP contribution is 2.27. The van der Waals surface area contributed by atoms with Gasteiger partial charge in [0, 0.05) is 26.6 Å². The molecule has 3 aromatic rings. The van der Waals surface area contributed by atoms with Crippen molar-refractivity contribution in [3.05, 3.63) is 118 Å². The molecule has 0 N–H and O–H groups in total. The Labute approximate surface area is 205 Å². The number of carbonyl (C=O) groups is 1. The van der Waals surface area contributed by atoms with Gasteiger partial charge in [-0.15, -0.1) is 0 Å². The maximum atomic E-state index is 13.2. The Morgan fingerprint density at radius 3 is 2.57 bits per heavy atom. The average molecular weight is 468 g/mol. The number of carbonyl (C=O) groups excluding carboxylic acids is 1. The third-order valence-corrected chi connectivity index (χ3v) is 6.08. The van der Waals surface area contributed by atoms with Crippen LogP contribution in [0, 0.1) is 0 Å². The molecule has 0 atom stereocenters. The van der Waals surface area contributed by atoms with Gasteiger partial charge in [-0.25, -0.2) is 0 Å². The second-order valence-electron chi connectivity index (χ2n) is 8.34. The van der Waals surface area contributed by atoms with E-state index in [4.69, 9.17) is 4.74 Å². The lowest BCUT2D eigenvalue weighted by molar-refractivity contribution is 0.0737. The zero-order chi connectivity index (χ0) is 24.8. The second-order valence-corrected chi connectivity index (χ2v) is 8.34. The van der Waals surface area contributed by atoms with E-state index in [2.05, 4.69) is 29.8 Å². The van der Waals surface area contributed by atoms with Crippen molar-refractivity contribution < 1.29 is 9.53 Å². The first-order valence-corrected chi connectivity index (χ1v) is 11.6. The van der Waals surface area contributed by atoms with Crippen LogP contribution in [-0.2, 0) is 13.0 Å². The SMILES string of the molecule is C=CC=CC(=CC)COc1c2n(c(Cc3ccccc3-c3ccccc3)nc1=O)CCN(C)C2=O. The number of amides is 1. The number of benzene rings is 2. The van der Waals surface area contributed by atoms with E-state index in [9.17, 15) is 9.59 Å². The Morgan fingerprint density at radius 1 is 1.09 bits per heavy atom. The van der Waals surface area contributed by atoms with Crippen molar-refractivity contribution in [2.75, 3.05) is 20.2 Å². The number of allylic oxidation sites excluding steroid dienone is 3. The molecule has 0 saturated carbocycles. The van der Waals surface area contributed by atoms with Crippen molar-refractivity contribution in [1.82, 2.24) is 14.5 Å². The molecule has 178 valence electrons. The third kappa shape index (κ3) is 5.17. The van der Waals surface area contributed by atoms with E-state index in [1.54, 1.807) is 24.1 Å². The Morgan fingerprint density at radius 2 is 1.83 bits per heavy atom. The number of ether oxygens (including phenoxy) is 1. The van der Waals surface area contributed by atoms with E-state index in [1.165, 1.54) is 0 Å². The molecule has 1 aromatic heterocycles. The standard InChI is InChI=1S/C29H29N3O3/c1-4-6-12-21(5-2)20-35-27-26-29(34)31(3)17-18-32(26)25(30-28(27)33)19-23-15-10-11-16-24(23)22-13-8-7-9-14-22/h4-16H,1,17-20H2,2-3H3. The maximum Gasteiger partial charge on any atom is 0.316 e. The van der Waals surface area contributed by atoms with Crippen molar-refractivity contribution >= 4 is 5.91 Å². The van der Waals surface area contributed by atoms with Crippen LogP contribution in [0.3, 0.4) is 0 Å². The average Bonchev–Trinajstić information content (AvgIpc) is 2.88. The minimum absolute atomic E-state index is 0.00648. The van der Waals surface area contributed by atoms with E-state index in [1.807, 2.05) is 60.0 Å². The lowest BCUT2D eigenvalue weighted by atomic mass is 9.97. The van der Waals surface area contributed by atoms with Crippen molar-refractivity contribution in [2.24, 2.45) is 0 Å². The van der Waals surface area contributed by atoms with Crippen molar-refractivity contribution in [3.8, 4) is 16.9 Å². The molecule has 6 nitrogen and oxygen atoms in total. The molecule has 0 saturated heterocycles. The van der Waals surface area contributed by atoms with Crippen LogP contribution in [0.15, 0.2) is 95.8 Å². The lowest BCUT2D eigenvalue weighted by Crippen LogP contribution is -2.41. The van der Waals surface area contributed by atoms with Gasteiger partial charge in [0.1, 0.15) is 12.4 Å². The van der Waals surface area contributed by atoms with Gasteiger partial charge in [-0.3, -0.25) is 9.59 Å². The predicted molar refractivity (Wildman–Crippen MR) is 139 cm³/mol. The first-order valence-electron chi connectivity index (χ1n) is 11.6. The van der Waals surface area contributed by atoms with Crippen LogP contribution in [-0.4, -0.2) is 40.6 Å². The zero-order valence-electron chi connectivity index (χ0n) is 20.1. The number of hydrogen-bond acceptors (Lipinski definition) is 4. The summed E-state index contributed by atoms with van der Waals surface area (Å²) in [5.74, 6) is 0.306.